The zero-order valence-electron chi connectivity index (χ0n) is 17.2. The summed E-state index contributed by atoms with van der Waals surface area (Å²) in [4.78, 5) is 22.5. The van der Waals surface area contributed by atoms with Gasteiger partial charge in [-0.05, 0) is 42.1 Å². The molecule has 0 spiro atoms. The second-order valence-electron chi connectivity index (χ2n) is 7.35. The maximum atomic E-state index is 13.0. The topological polar surface area (TPSA) is 71.7 Å². The molecule has 0 radical (unpaired) electrons. The van der Waals surface area contributed by atoms with Gasteiger partial charge in [0.15, 0.2) is 0 Å². The summed E-state index contributed by atoms with van der Waals surface area (Å²) >= 11 is 7.41. The lowest BCUT2D eigenvalue weighted by Crippen LogP contribution is -2.39. The second-order valence-corrected chi connectivity index (χ2v) is 8.73. The Labute approximate surface area is 190 Å². The van der Waals surface area contributed by atoms with Crippen LogP contribution in [0.4, 0.5) is 0 Å². The number of hydrogen-bond donors (Lipinski definition) is 0. The number of ether oxygens (including phenoxy) is 1. The molecule has 0 N–H and O–H groups in total. The number of carbonyl (C=O) groups excluding carboxylic acids is 1. The molecule has 7 nitrogen and oxygen atoms in total. The van der Waals surface area contributed by atoms with Gasteiger partial charge in [0.2, 0.25) is 11.7 Å². The molecule has 1 aromatic carbocycles. The Morgan fingerprint density at radius 1 is 1.16 bits per heavy atom. The summed E-state index contributed by atoms with van der Waals surface area (Å²) in [7, 11) is 0. The summed E-state index contributed by atoms with van der Waals surface area (Å²) < 4.78 is 10.8. The van der Waals surface area contributed by atoms with E-state index < -0.39 is 0 Å². The van der Waals surface area contributed by atoms with Crippen LogP contribution in [0.5, 0.6) is 0 Å². The smallest absolute Gasteiger partial charge is 0.263 e. The molecule has 0 unspecified atom stereocenters. The first-order valence-electron chi connectivity index (χ1n) is 10.4. The van der Waals surface area contributed by atoms with E-state index in [9.17, 15) is 4.79 Å². The first-order valence-corrected chi connectivity index (χ1v) is 11.7. The van der Waals surface area contributed by atoms with Crippen molar-refractivity contribution in [1.29, 1.82) is 0 Å². The summed E-state index contributed by atoms with van der Waals surface area (Å²) in [5.41, 5.74) is 0.844. The molecule has 164 valence electrons. The molecule has 1 saturated heterocycles. The number of aromatic nitrogens is 2. The van der Waals surface area contributed by atoms with Crippen molar-refractivity contribution in [2.24, 2.45) is 0 Å². The Kier molecular flexibility index (Phi) is 7.69. The van der Waals surface area contributed by atoms with Gasteiger partial charge < -0.3 is 14.2 Å². The number of benzene rings is 1. The number of amides is 1. The van der Waals surface area contributed by atoms with Gasteiger partial charge in [-0.2, -0.15) is 4.98 Å². The van der Waals surface area contributed by atoms with Crippen LogP contribution >= 0.6 is 22.9 Å². The molecule has 0 aliphatic carbocycles. The average molecular weight is 461 g/mol. The number of thiophene rings is 1. The van der Waals surface area contributed by atoms with Gasteiger partial charge in [-0.3, -0.25) is 9.69 Å². The third-order valence-corrected chi connectivity index (χ3v) is 6.30. The fourth-order valence-corrected chi connectivity index (χ4v) is 4.30. The van der Waals surface area contributed by atoms with Gasteiger partial charge in [0.1, 0.15) is 0 Å². The lowest BCUT2D eigenvalue weighted by Gasteiger charge is -2.28. The van der Waals surface area contributed by atoms with Crippen LogP contribution in [-0.2, 0) is 11.2 Å². The van der Waals surface area contributed by atoms with E-state index in [1.165, 1.54) is 11.3 Å². The molecule has 31 heavy (non-hydrogen) atoms. The Bertz CT molecular complexity index is 956. The molecule has 0 bridgehead atoms. The zero-order chi connectivity index (χ0) is 21.5. The van der Waals surface area contributed by atoms with Crippen molar-refractivity contribution in [3.63, 3.8) is 0 Å². The second kappa shape index (κ2) is 10.9. The minimum absolute atomic E-state index is 0.0504. The molecule has 1 aliphatic heterocycles. The van der Waals surface area contributed by atoms with Gasteiger partial charge in [-0.15, -0.1) is 11.3 Å². The highest BCUT2D eigenvalue weighted by molar-refractivity contribution is 7.12. The first kappa shape index (κ1) is 22.0. The van der Waals surface area contributed by atoms with Crippen LogP contribution in [-0.4, -0.2) is 71.8 Å². The molecular formula is C22H25ClN4O3S. The third-order valence-electron chi connectivity index (χ3n) is 5.19. The predicted octanol–water partition coefficient (Wildman–Crippen LogP) is 3.86. The van der Waals surface area contributed by atoms with Gasteiger partial charge in [0.25, 0.3) is 5.91 Å². The van der Waals surface area contributed by atoms with Crippen molar-refractivity contribution in [3.8, 4) is 11.4 Å². The van der Waals surface area contributed by atoms with Crippen molar-refractivity contribution in [2.75, 3.05) is 45.9 Å². The van der Waals surface area contributed by atoms with Crippen molar-refractivity contribution < 1.29 is 14.1 Å². The molecule has 9 heteroatoms. The SMILES string of the molecule is O=C(c1cccs1)N(CCCN1CCOCC1)CCc1nc(-c2ccc(Cl)cc2)no1. The minimum Gasteiger partial charge on any atom is -0.379 e. The lowest BCUT2D eigenvalue weighted by molar-refractivity contribution is 0.0357. The minimum atomic E-state index is 0.0504. The van der Waals surface area contributed by atoms with E-state index in [2.05, 4.69) is 15.0 Å². The Hall–Kier alpha value is -2.26. The molecule has 2 aromatic heterocycles. The fraction of sp³-hybridized carbons (Fsp3) is 0.409. The van der Waals surface area contributed by atoms with Crippen LogP contribution in [0.15, 0.2) is 46.3 Å². The summed E-state index contributed by atoms with van der Waals surface area (Å²) in [6.07, 6.45) is 1.42. The maximum absolute atomic E-state index is 13.0. The maximum Gasteiger partial charge on any atom is 0.263 e. The van der Waals surface area contributed by atoms with Gasteiger partial charge in [-0.1, -0.05) is 22.8 Å². The number of halogens is 1. The predicted molar refractivity (Wildman–Crippen MR) is 121 cm³/mol. The normalized spacial score (nSPS) is 14.6. The number of hydrogen-bond acceptors (Lipinski definition) is 7. The molecule has 3 heterocycles. The summed E-state index contributed by atoms with van der Waals surface area (Å²) in [6.45, 7) is 5.64. The number of morpholine rings is 1. The Balaban J connectivity index is 1.36. The number of nitrogens with zero attached hydrogens (tertiary/aromatic N) is 4. The Morgan fingerprint density at radius 3 is 2.71 bits per heavy atom. The Morgan fingerprint density at radius 2 is 1.97 bits per heavy atom. The lowest BCUT2D eigenvalue weighted by atomic mass is 10.2. The molecule has 1 aliphatic rings. The fourth-order valence-electron chi connectivity index (χ4n) is 3.48. The largest absolute Gasteiger partial charge is 0.379 e. The van der Waals surface area contributed by atoms with Crippen molar-refractivity contribution >= 4 is 28.8 Å². The van der Waals surface area contributed by atoms with E-state index in [4.69, 9.17) is 20.9 Å². The molecule has 0 atom stereocenters. The zero-order valence-corrected chi connectivity index (χ0v) is 18.8. The van der Waals surface area contributed by atoms with Gasteiger partial charge in [0.05, 0.1) is 18.1 Å². The van der Waals surface area contributed by atoms with Crippen molar-refractivity contribution in [1.82, 2.24) is 19.9 Å². The van der Waals surface area contributed by atoms with Gasteiger partial charge in [0, 0.05) is 49.7 Å². The highest BCUT2D eigenvalue weighted by Crippen LogP contribution is 2.19. The van der Waals surface area contributed by atoms with Crippen LogP contribution < -0.4 is 0 Å². The summed E-state index contributed by atoms with van der Waals surface area (Å²) in [5, 5.41) is 6.65. The average Bonchev–Trinajstić information content (AvgIpc) is 3.49. The van der Waals surface area contributed by atoms with E-state index in [0.29, 0.717) is 36.2 Å². The molecule has 1 fully saturated rings. The quantitative estimate of drug-likeness (QED) is 0.483. The van der Waals surface area contributed by atoms with E-state index in [0.717, 1.165) is 49.7 Å². The highest BCUT2D eigenvalue weighted by atomic mass is 35.5. The van der Waals surface area contributed by atoms with Crippen LogP contribution in [0.3, 0.4) is 0 Å². The van der Waals surface area contributed by atoms with Crippen molar-refractivity contribution in [3.05, 3.63) is 57.6 Å². The third kappa shape index (κ3) is 6.13. The molecule has 0 saturated carbocycles. The number of rotatable bonds is 9. The monoisotopic (exact) mass is 460 g/mol. The van der Waals surface area contributed by atoms with Gasteiger partial charge >= 0.3 is 0 Å². The van der Waals surface area contributed by atoms with E-state index in [1.54, 1.807) is 12.1 Å². The first-order chi connectivity index (χ1) is 15.2. The molecule has 1 amide bonds. The molecule has 4 rings (SSSR count). The number of carbonyl (C=O) groups is 1. The summed E-state index contributed by atoms with van der Waals surface area (Å²) in [5.74, 6) is 1.09. The van der Waals surface area contributed by atoms with E-state index in [-0.39, 0.29) is 5.91 Å². The molecule has 3 aromatic rings. The molecular weight excluding hydrogens is 436 g/mol. The summed E-state index contributed by atoms with van der Waals surface area (Å²) in [6, 6.07) is 11.1. The van der Waals surface area contributed by atoms with Crippen molar-refractivity contribution in [2.45, 2.75) is 12.8 Å². The van der Waals surface area contributed by atoms with E-state index >= 15 is 0 Å². The van der Waals surface area contributed by atoms with Crippen LogP contribution in [0, 0.1) is 0 Å². The highest BCUT2D eigenvalue weighted by Gasteiger charge is 2.19. The van der Waals surface area contributed by atoms with E-state index in [1.807, 2.05) is 34.5 Å². The van der Waals surface area contributed by atoms with Crippen LogP contribution in [0.25, 0.3) is 11.4 Å². The van der Waals surface area contributed by atoms with Gasteiger partial charge in [-0.25, -0.2) is 0 Å². The van der Waals surface area contributed by atoms with Crippen LogP contribution in [0.2, 0.25) is 5.02 Å². The standard InChI is InChI=1S/C22H25ClN4O3S/c23-18-6-4-17(5-7-18)21-24-20(30-25-21)8-11-27(22(28)19-3-1-16-31-19)10-2-9-26-12-14-29-15-13-26/h1,3-7,16H,2,8-15H2. The van der Waals surface area contributed by atoms with Crippen LogP contribution in [0.1, 0.15) is 22.0 Å².